The highest BCUT2D eigenvalue weighted by molar-refractivity contribution is 5.71. The van der Waals surface area contributed by atoms with Crippen LogP contribution in [0.3, 0.4) is 0 Å². The first-order valence-corrected chi connectivity index (χ1v) is 32.5. The van der Waals surface area contributed by atoms with Crippen molar-refractivity contribution in [1.82, 2.24) is 0 Å². The van der Waals surface area contributed by atoms with Crippen LogP contribution in [-0.4, -0.2) is 37.2 Å². The summed E-state index contributed by atoms with van der Waals surface area (Å²) in [5.41, 5.74) is 0. The van der Waals surface area contributed by atoms with Crippen LogP contribution in [0, 0.1) is 0 Å². The van der Waals surface area contributed by atoms with Gasteiger partial charge < -0.3 is 14.2 Å². The molecule has 0 saturated carbocycles. The molecule has 0 radical (unpaired) electrons. The molecule has 1 unspecified atom stereocenters. The zero-order valence-electron chi connectivity index (χ0n) is 49.2. The van der Waals surface area contributed by atoms with E-state index >= 15 is 0 Å². The number of hydrogen-bond donors (Lipinski definition) is 0. The molecule has 0 heterocycles. The van der Waals surface area contributed by atoms with Crippen molar-refractivity contribution in [3.63, 3.8) is 0 Å². The highest BCUT2D eigenvalue weighted by Gasteiger charge is 2.19. The number of allylic oxidation sites excluding steroid dienone is 6. The molecule has 428 valence electrons. The quantitative estimate of drug-likeness (QED) is 0.0261. The topological polar surface area (TPSA) is 78.9 Å². The molecule has 0 fully saturated rings. The summed E-state index contributed by atoms with van der Waals surface area (Å²) in [5.74, 6) is -0.870. The summed E-state index contributed by atoms with van der Waals surface area (Å²) in [6.45, 7) is 6.64. The summed E-state index contributed by atoms with van der Waals surface area (Å²) in [4.78, 5) is 38.3. The fraction of sp³-hybridized carbons (Fsp3) is 0.866. The van der Waals surface area contributed by atoms with Gasteiger partial charge in [0.05, 0.1) is 0 Å². The molecule has 0 aromatic heterocycles. The summed E-state index contributed by atoms with van der Waals surface area (Å²) in [5, 5.41) is 0. The Hall–Kier alpha value is -2.37. The number of ether oxygens (including phenoxy) is 3. The summed E-state index contributed by atoms with van der Waals surface area (Å²) in [7, 11) is 0. The molecular weight excluding hydrogens is 901 g/mol. The van der Waals surface area contributed by atoms with E-state index in [0.717, 1.165) is 77.0 Å². The Labute approximate surface area is 455 Å². The SMILES string of the molecule is CCCC/C=C\C/C=C\CCCCCCCC(=O)OCC(COC(=O)CCCCCCCCCCCCCCCCCCCCCCCCCC)OC(=O)CCCCCCCCC/C=C\CCCCCCCC. The predicted octanol–water partition coefficient (Wildman–Crippen LogP) is 22.0. The van der Waals surface area contributed by atoms with E-state index in [4.69, 9.17) is 14.2 Å². The number of unbranched alkanes of at least 4 members (excludes halogenated alkanes) is 43. The molecule has 0 aliphatic rings. The Bertz CT molecular complexity index is 1220. The third-order valence-electron chi connectivity index (χ3n) is 14.6. The molecule has 6 heteroatoms. The molecule has 1 atom stereocenters. The molecule has 73 heavy (non-hydrogen) atoms. The normalized spacial score (nSPS) is 12.2. The van der Waals surface area contributed by atoms with E-state index in [1.165, 1.54) is 238 Å². The first kappa shape index (κ1) is 70.6. The molecular formula is C67H124O6. The van der Waals surface area contributed by atoms with Crippen LogP contribution >= 0.6 is 0 Å². The molecule has 0 aliphatic heterocycles. The fourth-order valence-corrected chi connectivity index (χ4v) is 9.69. The van der Waals surface area contributed by atoms with Gasteiger partial charge in [-0.1, -0.05) is 301 Å². The minimum atomic E-state index is -0.778. The highest BCUT2D eigenvalue weighted by atomic mass is 16.6. The van der Waals surface area contributed by atoms with Gasteiger partial charge in [-0.05, 0) is 70.6 Å². The van der Waals surface area contributed by atoms with E-state index in [9.17, 15) is 14.4 Å². The minimum Gasteiger partial charge on any atom is -0.462 e. The first-order chi connectivity index (χ1) is 36.0. The van der Waals surface area contributed by atoms with Gasteiger partial charge in [-0.2, -0.15) is 0 Å². The van der Waals surface area contributed by atoms with Gasteiger partial charge in [0.15, 0.2) is 6.10 Å². The molecule has 0 amide bonds. The van der Waals surface area contributed by atoms with Crippen molar-refractivity contribution in [1.29, 1.82) is 0 Å². The Morgan fingerprint density at radius 3 is 0.808 bits per heavy atom. The van der Waals surface area contributed by atoms with Crippen molar-refractivity contribution in [2.75, 3.05) is 13.2 Å². The van der Waals surface area contributed by atoms with Gasteiger partial charge in [-0.25, -0.2) is 0 Å². The van der Waals surface area contributed by atoms with E-state index in [2.05, 4.69) is 57.2 Å². The van der Waals surface area contributed by atoms with Crippen LogP contribution in [0.5, 0.6) is 0 Å². The number of carbonyl (C=O) groups is 3. The van der Waals surface area contributed by atoms with Gasteiger partial charge in [0.25, 0.3) is 0 Å². The molecule has 0 saturated heterocycles. The molecule has 0 aromatic carbocycles. The van der Waals surface area contributed by atoms with E-state index in [-0.39, 0.29) is 31.1 Å². The minimum absolute atomic E-state index is 0.0743. The molecule has 6 nitrogen and oxygen atoms in total. The third kappa shape index (κ3) is 60.4. The van der Waals surface area contributed by atoms with Crippen LogP contribution in [-0.2, 0) is 28.6 Å². The number of esters is 3. The Morgan fingerprint density at radius 1 is 0.274 bits per heavy atom. The second kappa shape index (κ2) is 62.2. The van der Waals surface area contributed by atoms with Gasteiger partial charge in [0.2, 0.25) is 0 Å². The average Bonchev–Trinajstić information content (AvgIpc) is 3.39. The largest absolute Gasteiger partial charge is 0.462 e. The standard InChI is InChI=1S/C67H124O6/c1-4-7-10-13-16-19-22-25-28-30-31-32-33-34-35-36-38-39-42-45-48-51-54-57-60-66(69)72-63-64(62-71-65(68)59-56-53-50-47-44-41-27-24-21-18-15-12-9-6-3)73-67(70)61-58-55-52-49-46-43-40-37-29-26-23-20-17-14-11-8-5-2/h15,18,24,26-27,29,64H,4-14,16-17,19-23,25,28,30-63H2,1-3H3/b18-15-,27-24-,29-26-. The number of rotatable bonds is 60. The van der Waals surface area contributed by atoms with Gasteiger partial charge in [0, 0.05) is 19.3 Å². The maximum atomic E-state index is 12.9. The van der Waals surface area contributed by atoms with Crippen molar-refractivity contribution in [2.45, 2.75) is 361 Å². The van der Waals surface area contributed by atoms with Crippen LogP contribution < -0.4 is 0 Å². The lowest BCUT2D eigenvalue weighted by atomic mass is 10.0. The maximum absolute atomic E-state index is 12.9. The van der Waals surface area contributed by atoms with E-state index in [1.54, 1.807) is 0 Å². The summed E-state index contributed by atoms with van der Waals surface area (Å²) >= 11 is 0. The summed E-state index contributed by atoms with van der Waals surface area (Å²) < 4.78 is 16.9. The molecule has 0 bridgehead atoms. The van der Waals surface area contributed by atoms with Crippen LogP contribution in [0.2, 0.25) is 0 Å². The number of hydrogen-bond acceptors (Lipinski definition) is 6. The highest BCUT2D eigenvalue weighted by Crippen LogP contribution is 2.18. The predicted molar refractivity (Wildman–Crippen MR) is 316 cm³/mol. The van der Waals surface area contributed by atoms with Crippen LogP contribution in [0.4, 0.5) is 0 Å². The van der Waals surface area contributed by atoms with Crippen molar-refractivity contribution in [2.24, 2.45) is 0 Å². The second-order valence-corrected chi connectivity index (χ2v) is 22.0. The van der Waals surface area contributed by atoms with Crippen molar-refractivity contribution < 1.29 is 28.6 Å². The van der Waals surface area contributed by atoms with Crippen LogP contribution in [0.15, 0.2) is 36.5 Å². The molecule has 0 rings (SSSR count). The van der Waals surface area contributed by atoms with Gasteiger partial charge in [-0.15, -0.1) is 0 Å². The zero-order chi connectivity index (χ0) is 52.9. The smallest absolute Gasteiger partial charge is 0.306 e. The van der Waals surface area contributed by atoms with Crippen LogP contribution in [0.1, 0.15) is 355 Å². The monoisotopic (exact) mass is 1020 g/mol. The van der Waals surface area contributed by atoms with Gasteiger partial charge in [-0.3, -0.25) is 14.4 Å². The Morgan fingerprint density at radius 2 is 0.507 bits per heavy atom. The lowest BCUT2D eigenvalue weighted by Crippen LogP contribution is -2.30. The second-order valence-electron chi connectivity index (χ2n) is 22.0. The summed E-state index contributed by atoms with van der Waals surface area (Å²) in [6.07, 6.45) is 75.8. The van der Waals surface area contributed by atoms with Crippen LogP contribution in [0.25, 0.3) is 0 Å². The third-order valence-corrected chi connectivity index (χ3v) is 14.6. The Kier molecular flexibility index (Phi) is 60.2. The average molecular weight is 1030 g/mol. The maximum Gasteiger partial charge on any atom is 0.306 e. The van der Waals surface area contributed by atoms with Gasteiger partial charge in [0.1, 0.15) is 13.2 Å². The van der Waals surface area contributed by atoms with E-state index in [1.807, 2.05) is 0 Å². The first-order valence-electron chi connectivity index (χ1n) is 32.5. The Balaban J connectivity index is 4.26. The lowest BCUT2D eigenvalue weighted by Gasteiger charge is -2.18. The van der Waals surface area contributed by atoms with Crippen molar-refractivity contribution in [3.8, 4) is 0 Å². The molecule has 0 aromatic rings. The fourth-order valence-electron chi connectivity index (χ4n) is 9.69. The van der Waals surface area contributed by atoms with E-state index in [0.29, 0.717) is 19.3 Å². The van der Waals surface area contributed by atoms with E-state index < -0.39 is 6.10 Å². The molecule has 0 N–H and O–H groups in total. The van der Waals surface area contributed by atoms with Crippen molar-refractivity contribution in [3.05, 3.63) is 36.5 Å². The lowest BCUT2D eigenvalue weighted by molar-refractivity contribution is -0.167. The zero-order valence-corrected chi connectivity index (χ0v) is 49.2. The molecule has 0 spiro atoms. The number of carbonyl (C=O) groups excluding carboxylic acids is 3. The van der Waals surface area contributed by atoms with Gasteiger partial charge >= 0.3 is 17.9 Å². The molecule has 0 aliphatic carbocycles. The van der Waals surface area contributed by atoms with Crippen molar-refractivity contribution >= 4 is 17.9 Å². The summed E-state index contributed by atoms with van der Waals surface area (Å²) in [6, 6.07) is 0.